The fraction of sp³-hybridized carbons (Fsp3) is 0.333. The predicted molar refractivity (Wildman–Crippen MR) is 133 cm³/mol. The third kappa shape index (κ3) is 5.05. The molecule has 0 unspecified atom stereocenters. The molecular formula is C24H26N4O4S2. The van der Waals surface area contributed by atoms with E-state index in [1.807, 2.05) is 22.7 Å². The van der Waals surface area contributed by atoms with Gasteiger partial charge in [-0.25, -0.2) is 17.2 Å². The third-order valence-corrected chi connectivity index (χ3v) is 7.56. The van der Waals surface area contributed by atoms with E-state index >= 15 is 0 Å². The van der Waals surface area contributed by atoms with E-state index in [4.69, 9.17) is 0 Å². The van der Waals surface area contributed by atoms with E-state index in [1.165, 1.54) is 8.61 Å². The van der Waals surface area contributed by atoms with Gasteiger partial charge in [-0.05, 0) is 51.2 Å². The molecule has 0 atom stereocenters. The average Bonchev–Trinajstić information content (AvgIpc) is 3.22. The summed E-state index contributed by atoms with van der Waals surface area (Å²) in [6.07, 6.45) is 3.86. The summed E-state index contributed by atoms with van der Waals surface area (Å²) in [5.41, 5.74) is 1.82. The van der Waals surface area contributed by atoms with Gasteiger partial charge in [-0.2, -0.15) is 0 Å². The van der Waals surface area contributed by atoms with Crippen molar-refractivity contribution in [3.63, 3.8) is 0 Å². The molecule has 2 heterocycles. The number of nitrogens with zero attached hydrogens (tertiary/aromatic N) is 4. The van der Waals surface area contributed by atoms with Crippen LogP contribution in [0.1, 0.15) is 67.1 Å². The molecule has 0 saturated heterocycles. The number of amides is 4. The topological polar surface area (TPSA) is 81.2 Å². The minimum Gasteiger partial charge on any atom is -0.268 e. The van der Waals surface area contributed by atoms with Gasteiger partial charge in [-0.15, -0.1) is 0 Å². The molecule has 0 bridgehead atoms. The van der Waals surface area contributed by atoms with E-state index in [-0.39, 0.29) is 23.6 Å². The molecule has 0 saturated carbocycles. The molecule has 2 aliphatic heterocycles. The molecule has 4 rings (SSSR count). The molecule has 4 amide bonds. The molecule has 0 spiro atoms. The van der Waals surface area contributed by atoms with Crippen LogP contribution in [0.2, 0.25) is 0 Å². The summed E-state index contributed by atoms with van der Waals surface area (Å²) in [7, 11) is 3.75. The van der Waals surface area contributed by atoms with Crippen LogP contribution in [0.4, 0.5) is 0 Å². The van der Waals surface area contributed by atoms with Crippen molar-refractivity contribution in [2.45, 2.75) is 25.7 Å². The van der Waals surface area contributed by atoms with Gasteiger partial charge in [0.15, 0.2) is 0 Å². The summed E-state index contributed by atoms with van der Waals surface area (Å²) in [6, 6.07) is 13.8. The molecule has 2 aromatic rings. The lowest BCUT2D eigenvalue weighted by Crippen LogP contribution is -2.28. The predicted octanol–water partition coefficient (Wildman–Crippen LogP) is 4.13. The normalized spacial score (nSPS) is 15.2. The lowest BCUT2D eigenvalue weighted by atomic mass is 10.1. The zero-order valence-corrected chi connectivity index (χ0v) is 20.7. The number of carbonyl (C=O) groups is 4. The van der Waals surface area contributed by atoms with E-state index in [0.29, 0.717) is 22.3 Å². The molecule has 178 valence electrons. The minimum atomic E-state index is -0.268. The second-order valence-electron chi connectivity index (χ2n) is 8.18. The zero-order chi connectivity index (χ0) is 24.2. The molecule has 0 fully saturated rings. The van der Waals surface area contributed by atoms with Crippen molar-refractivity contribution in [1.82, 2.24) is 17.2 Å². The number of hydrogen-bond acceptors (Lipinski definition) is 8. The maximum atomic E-state index is 12.5. The van der Waals surface area contributed by atoms with Crippen molar-refractivity contribution in [1.29, 1.82) is 0 Å². The van der Waals surface area contributed by atoms with Crippen LogP contribution in [0, 0.1) is 0 Å². The minimum absolute atomic E-state index is 0.268. The fourth-order valence-electron chi connectivity index (χ4n) is 3.87. The van der Waals surface area contributed by atoms with Gasteiger partial charge in [-0.1, -0.05) is 37.1 Å². The Balaban J connectivity index is 1.12. The standard InChI is InChI=1S/C24H26N4O4S2/c1-25(33-27-21(29)17-11-5-6-12-18(17)22(27)30)15-9-3-4-10-16-26(2)34-28-23(31)19-13-7-8-14-20(19)24(28)32/h5-8,11-14H,3-4,9-10,15-16H2,1-2H3. The van der Waals surface area contributed by atoms with Gasteiger partial charge in [-0.3, -0.25) is 19.2 Å². The lowest BCUT2D eigenvalue weighted by molar-refractivity contribution is 0.0756. The summed E-state index contributed by atoms with van der Waals surface area (Å²) in [5.74, 6) is -1.07. The van der Waals surface area contributed by atoms with Gasteiger partial charge in [0.25, 0.3) is 23.6 Å². The van der Waals surface area contributed by atoms with Crippen LogP contribution in [0.25, 0.3) is 0 Å². The first kappa shape index (κ1) is 24.5. The molecule has 0 N–H and O–H groups in total. The van der Waals surface area contributed by atoms with Gasteiger partial charge in [0, 0.05) is 13.1 Å². The summed E-state index contributed by atoms with van der Waals surface area (Å²) < 4.78 is 6.25. The molecule has 0 aromatic heterocycles. The largest absolute Gasteiger partial charge is 0.272 e. The molecule has 2 aliphatic rings. The van der Waals surface area contributed by atoms with Gasteiger partial charge in [0.2, 0.25) is 0 Å². The molecule has 34 heavy (non-hydrogen) atoms. The van der Waals surface area contributed by atoms with Crippen LogP contribution in [0.15, 0.2) is 48.5 Å². The monoisotopic (exact) mass is 498 g/mol. The Bertz CT molecular complexity index is 968. The first-order chi connectivity index (χ1) is 16.4. The highest BCUT2D eigenvalue weighted by Crippen LogP contribution is 2.31. The van der Waals surface area contributed by atoms with Crippen LogP contribution < -0.4 is 0 Å². The lowest BCUT2D eigenvalue weighted by Gasteiger charge is -2.21. The van der Waals surface area contributed by atoms with E-state index in [0.717, 1.165) is 63.0 Å². The maximum absolute atomic E-state index is 12.5. The number of unbranched alkanes of at least 4 members (excludes halogenated alkanes) is 3. The number of fused-ring (bicyclic) bond motifs is 2. The Morgan fingerprint density at radius 2 is 0.853 bits per heavy atom. The fourth-order valence-corrected chi connectivity index (χ4v) is 5.53. The van der Waals surface area contributed by atoms with Crippen LogP contribution in [0.3, 0.4) is 0 Å². The van der Waals surface area contributed by atoms with E-state index in [1.54, 1.807) is 48.5 Å². The number of benzene rings is 2. The molecule has 2 aromatic carbocycles. The van der Waals surface area contributed by atoms with Gasteiger partial charge >= 0.3 is 0 Å². The van der Waals surface area contributed by atoms with Crippen LogP contribution >= 0.6 is 24.3 Å². The summed E-state index contributed by atoms with van der Waals surface area (Å²) in [5, 5.41) is 0. The summed E-state index contributed by atoms with van der Waals surface area (Å²) >= 11 is 2.30. The molecule has 0 radical (unpaired) electrons. The number of hydrogen-bond donors (Lipinski definition) is 0. The second-order valence-corrected chi connectivity index (χ2v) is 10.5. The number of carbonyl (C=O) groups excluding carboxylic acids is 4. The van der Waals surface area contributed by atoms with Gasteiger partial charge < -0.3 is 0 Å². The van der Waals surface area contributed by atoms with Crippen LogP contribution in [-0.4, -0.2) is 68.0 Å². The summed E-state index contributed by atoms with van der Waals surface area (Å²) in [6.45, 7) is 1.50. The van der Waals surface area contributed by atoms with Crippen molar-refractivity contribution in [2.24, 2.45) is 0 Å². The van der Waals surface area contributed by atoms with E-state index in [2.05, 4.69) is 0 Å². The van der Waals surface area contributed by atoms with Gasteiger partial charge in [0.1, 0.15) is 0 Å². The first-order valence-electron chi connectivity index (χ1n) is 11.1. The number of rotatable bonds is 11. The molecule has 8 nitrogen and oxygen atoms in total. The van der Waals surface area contributed by atoms with Crippen molar-refractivity contribution < 1.29 is 19.2 Å². The van der Waals surface area contributed by atoms with Crippen LogP contribution in [0.5, 0.6) is 0 Å². The highest BCUT2D eigenvalue weighted by Gasteiger charge is 2.37. The molecular weight excluding hydrogens is 472 g/mol. The maximum Gasteiger partial charge on any atom is 0.272 e. The van der Waals surface area contributed by atoms with Gasteiger partial charge in [0.05, 0.1) is 46.5 Å². The summed E-state index contributed by atoms with van der Waals surface area (Å²) in [4.78, 5) is 49.8. The highest BCUT2D eigenvalue weighted by atomic mass is 32.2. The average molecular weight is 499 g/mol. The Labute approximate surface area is 207 Å². The second kappa shape index (κ2) is 10.7. The van der Waals surface area contributed by atoms with Crippen molar-refractivity contribution in [3.8, 4) is 0 Å². The van der Waals surface area contributed by atoms with Crippen LogP contribution in [-0.2, 0) is 0 Å². The number of imide groups is 2. The Morgan fingerprint density at radius 1 is 0.559 bits per heavy atom. The molecule has 10 heteroatoms. The van der Waals surface area contributed by atoms with Crippen molar-refractivity contribution >= 4 is 47.9 Å². The SMILES string of the molecule is CN(CCCCCCN(C)SN1C(=O)c2ccccc2C1=O)SN1C(=O)c2ccccc2C1=O. The Kier molecular flexibility index (Phi) is 7.72. The smallest absolute Gasteiger partial charge is 0.268 e. The van der Waals surface area contributed by atoms with E-state index in [9.17, 15) is 19.2 Å². The highest BCUT2D eigenvalue weighted by molar-refractivity contribution is 7.96. The zero-order valence-electron chi connectivity index (χ0n) is 19.1. The Hall–Kier alpha value is -2.66. The van der Waals surface area contributed by atoms with Crippen molar-refractivity contribution in [3.05, 3.63) is 70.8 Å². The quantitative estimate of drug-likeness (QED) is 0.260. The molecule has 0 aliphatic carbocycles. The Morgan fingerprint density at radius 3 is 1.15 bits per heavy atom. The first-order valence-corrected chi connectivity index (χ1v) is 12.6. The van der Waals surface area contributed by atoms with E-state index < -0.39 is 0 Å². The van der Waals surface area contributed by atoms with Crippen molar-refractivity contribution in [2.75, 3.05) is 27.2 Å². The third-order valence-electron chi connectivity index (χ3n) is 5.65.